The van der Waals surface area contributed by atoms with Crippen LogP contribution in [0.2, 0.25) is 0 Å². The van der Waals surface area contributed by atoms with Gasteiger partial charge in [-0.25, -0.2) is 0 Å². The zero-order valence-corrected chi connectivity index (χ0v) is 15.9. The molecule has 2 aliphatic rings. The van der Waals surface area contributed by atoms with E-state index in [-0.39, 0.29) is 0 Å². The molecule has 3 aromatic rings. The van der Waals surface area contributed by atoms with E-state index in [1.807, 2.05) is 0 Å². The topological polar surface area (TPSA) is 57.2 Å². The summed E-state index contributed by atoms with van der Waals surface area (Å²) in [4.78, 5) is 9.39. The lowest BCUT2D eigenvalue weighted by atomic mass is 10.0. The number of anilines is 4. The van der Waals surface area contributed by atoms with E-state index in [0.29, 0.717) is 5.95 Å². The molecule has 0 atom stereocenters. The van der Waals surface area contributed by atoms with Gasteiger partial charge in [0.15, 0.2) is 5.82 Å². The largest absolute Gasteiger partial charge is 0.372 e. The van der Waals surface area contributed by atoms with Crippen molar-refractivity contribution in [1.29, 1.82) is 0 Å². The summed E-state index contributed by atoms with van der Waals surface area (Å²) >= 11 is 0. The minimum absolute atomic E-state index is 0.533. The molecule has 0 saturated carbocycles. The Morgan fingerprint density at radius 1 is 0.821 bits per heavy atom. The van der Waals surface area contributed by atoms with Crippen LogP contribution in [0.1, 0.15) is 24.0 Å². The van der Waals surface area contributed by atoms with E-state index in [0.717, 1.165) is 44.1 Å². The van der Waals surface area contributed by atoms with Crippen LogP contribution in [0.3, 0.4) is 0 Å². The molecule has 0 radical (unpaired) electrons. The molecule has 6 heteroatoms. The van der Waals surface area contributed by atoms with Gasteiger partial charge in [0.1, 0.15) is 0 Å². The Bertz CT molecular complexity index is 949. The number of nitrogens with zero attached hydrogens (tertiary/aromatic N) is 5. The van der Waals surface area contributed by atoms with Gasteiger partial charge in [-0.05, 0) is 54.7 Å². The third-order valence-corrected chi connectivity index (χ3v) is 5.60. The molecule has 1 fully saturated rings. The molecular formula is C22H24N6. The van der Waals surface area contributed by atoms with Gasteiger partial charge in [-0.1, -0.05) is 24.3 Å². The predicted octanol–water partition coefficient (Wildman–Crippen LogP) is 3.78. The molecule has 142 valence electrons. The smallest absolute Gasteiger partial charge is 0.249 e. The lowest BCUT2D eigenvalue weighted by molar-refractivity contribution is 0.715. The fourth-order valence-electron chi connectivity index (χ4n) is 4.05. The van der Waals surface area contributed by atoms with Gasteiger partial charge in [-0.2, -0.15) is 10.1 Å². The first kappa shape index (κ1) is 17.0. The van der Waals surface area contributed by atoms with Crippen molar-refractivity contribution >= 4 is 23.1 Å². The van der Waals surface area contributed by atoms with Gasteiger partial charge in [0.25, 0.3) is 0 Å². The Balaban J connectivity index is 1.29. The molecule has 1 saturated heterocycles. The van der Waals surface area contributed by atoms with Crippen LogP contribution in [0, 0.1) is 0 Å². The van der Waals surface area contributed by atoms with Crippen LogP contribution in [0.15, 0.2) is 54.7 Å². The molecule has 2 aliphatic heterocycles. The average Bonchev–Trinajstić information content (AvgIpc) is 3.29. The first-order chi connectivity index (χ1) is 13.8. The Hall–Kier alpha value is -3.15. The minimum atomic E-state index is 0.533. The van der Waals surface area contributed by atoms with Crippen LogP contribution in [0.5, 0.6) is 0 Å². The third kappa shape index (κ3) is 3.50. The molecule has 1 aromatic heterocycles. The maximum Gasteiger partial charge on any atom is 0.249 e. The van der Waals surface area contributed by atoms with E-state index in [1.54, 1.807) is 6.20 Å². The summed E-state index contributed by atoms with van der Waals surface area (Å²) in [5.41, 5.74) is 5.05. The van der Waals surface area contributed by atoms with Crippen LogP contribution in [0.25, 0.3) is 0 Å². The van der Waals surface area contributed by atoms with Crippen molar-refractivity contribution in [2.45, 2.75) is 25.8 Å². The van der Waals surface area contributed by atoms with Crippen molar-refractivity contribution in [2.75, 3.05) is 34.8 Å². The summed E-state index contributed by atoms with van der Waals surface area (Å²) < 4.78 is 0. The Kier molecular flexibility index (Phi) is 4.53. The van der Waals surface area contributed by atoms with Crippen molar-refractivity contribution in [1.82, 2.24) is 15.2 Å². The highest BCUT2D eigenvalue weighted by molar-refractivity contribution is 5.60. The van der Waals surface area contributed by atoms with Crippen LogP contribution in [0.4, 0.5) is 23.1 Å². The van der Waals surface area contributed by atoms with Crippen LogP contribution in [-0.2, 0) is 13.0 Å². The summed E-state index contributed by atoms with van der Waals surface area (Å²) in [6, 6.07) is 17.1. The van der Waals surface area contributed by atoms with Gasteiger partial charge < -0.3 is 15.1 Å². The monoisotopic (exact) mass is 372 g/mol. The highest BCUT2D eigenvalue weighted by atomic mass is 15.3. The lowest BCUT2D eigenvalue weighted by Crippen LogP contribution is -2.31. The number of benzene rings is 2. The maximum absolute atomic E-state index is 4.70. The number of fused-ring (bicyclic) bond motifs is 1. The molecule has 0 aliphatic carbocycles. The van der Waals surface area contributed by atoms with Gasteiger partial charge in [0.05, 0.1) is 6.20 Å². The number of aromatic nitrogens is 3. The van der Waals surface area contributed by atoms with Crippen LogP contribution < -0.4 is 15.1 Å². The van der Waals surface area contributed by atoms with Crippen molar-refractivity contribution in [3.63, 3.8) is 0 Å². The standard InChI is InChI=1S/C22H24N6/c1-2-6-18-16-28(14-11-17(18)5-1)21-15-23-26-22(25-21)24-19-7-9-20(10-8-19)27-12-3-4-13-27/h1-2,5-10,15H,3-4,11-14,16H2,(H,24,25,26). The number of nitrogens with one attached hydrogen (secondary N) is 1. The zero-order chi connectivity index (χ0) is 18.8. The second-order valence-corrected chi connectivity index (χ2v) is 7.44. The second-order valence-electron chi connectivity index (χ2n) is 7.44. The molecule has 0 spiro atoms. The van der Waals surface area contributed by atoms with Crippen molar-refractivity contribution in [3.05, 3.63) is 65.9 Å². The quantitative estimate of drug-likeness (QED) is 0.752. The molecule has 2 aromatic carbocycles. The Labute approximate surface area is 165 Å². The van der Waals surface area contributed by atoms with E-state index in [2.05, 4.69) is 73.8 Å². The zero-order valence-electron chi connectivity index (χ0n) is 15.9. The van der Waals surface area contributed by atoms with E-state index in [1.165, 1.54) is 29.7 Å². The molecule has 0 bridgehead atoms. The van der Waals surface area contributed by atoms with Gasteiger partial charge in [-0.15, -0.1) is 5.10 Å². The third-order valence-electron chi connectivity index (χ3n) is 5.60. The fraction of sp³-hybridized carbons (Fsp3) is 0.318. The van der Waals surface area contributed by atoms with Gasteiger partial charge >= 0.3 is 0 Å². The first-order valence-corrected chi connectivity index (χ1v) is 9.99. The summed E-state index contributed by atoms with van der Waals surface area (Å²) in [5, 5.41) is 11.6. The number of rotatable bonds is 4. The average molecular weight is 372 g/mol. The summed E-state index contributed by atoms with van der Waals surface area (Å²) in [6.07, 6.45) is 5.34. The second kappa shape index (κ2) is 7.46. The minimum Gasteiger partial charge on any atom is -0.372 e. The highest BCUT2D eigenvalue weighted by Crippen LogP contribution is 2.25. The summed E-state index contributed by atoms with van der Waals surface area (Å²) in [5.74, 6) is 1.39. The van der Waals surface area contributed by atoms with Crippen LogP contribution in [-0.4, -0.2) is 34.8 Å². The summed E-state index contributed by atoms with van der Waals surface area (Å²) in [7, 11) is 0. The molecule has 28 heavy (non-hydrogen) atoms. The Morgan fingerprint density at radius 2 is 1.61 bits per heavy atom. The normalized spacial score (nSPS) is 16.1. The SMILES string of the molecule is c1ccc2c(c1)CCN(c1cnnc(Nc3ccc(N4CCCC4)cc3)n1)C2. The van der Waals surface area contributed by atoms with Crippen molar-refractivity contribution < 1.29 is 0 Å². The van der Waals surface area contributed by atoms with E-state index in [4.69, 9.17) is 4.98 Å². The molecule has 6 nitrogen and oxygen atoms in total. The van der Waals surface area contributed by atoms with Crippen LogP contribution >= 0.6 is 0 Å². The van der Waals surface area contributed by atoms with Gasteiger partial charge in [-0.3, -0.25) is 0 Å². The molecule has 0 unspecified atom stereocenters. The van der Waals surface area contributed by atoms with Gasteiger partial charge in [0, 0.05) is 37.6 Å². The molecule has 1 N–H and O–H groups in total. The molecule has 3 heterocycles. The summed E-state index contributed by atoms with van der Waals surface area (Å²) in [6.45, 7) is 4.11. The van der Waals surface area contributed by atoms with Crippen molar-refractivity contribution in [3.8, 4) is 0 Å². The number of hydrogen-bond acceptors (Lipinski definition) is 6. The maximum atomic E-state index is 4.70. The van der Waals surface area contributed by atoms with E-state index in [9.17, 15) is 0 Å². The molecular weight excluding hydrogens is 348 g/mol. The molecule has 0 amide bonds. The van der Waals surface area contributed by atoms with E-state index >= 15 is 0 Å². The fourth-order valence-corrected chi connectivity index (χ4v) is 4.05. The van der Waals surface area contributed by atoms with Crippen molar-refractivity contribution in [2.24, 2.45) is 0 Å². The Morgan fingerprint density at radius 3 is 2.43 bits per heavy atom. The first-order valence-electron chi connectivity index (χ1n) is 9.99. The molecule has 5 rings (SSSR count). The van der Waals surface area contributed by atoms with Gasteiger partial charge in [0.2, 0.25) is 5.95 Å². The predicted molar refractivity (Wildman–Crippen MR) is 112 cm³/mol. The number of hydrogen-bond donors (Lipinski definition) is 1. The lowest BCUT2D eigenvalue weighted by Gasteiger charge is -2.29. The van der Waals surface area contributed by atoms with E-state index < -0.39 is 0 Å². The highest BCUT2D eigenvalue weighted by Gasteiger charge is 2.18.